The first-order valence-corrected chi connectivity index (χ1v) is 7.50. The molecule has 1 aromatic rings. The first-order chi connectivity index (χ1) is 8.99. The first-order valence-electron chi connectivity index (χ1n) is 7.50. The van der Waals surface area contributed by atoms with Crippen molar-refractivity contribution in [1.82, 2.24) is 4.90 Å². The SMILES string of the molecule is Cc1ccc(C(C)N(C)C2CCCC(C)C2)c(O)c1. The molecule has 2 nitrogen and oxygen atoms in total. The topological polar surface area (TPSA) is 23.5 Å². The summed E-state index contributed by atoms with van der Waals surface area (Å²) in [4.78, 5) is 2.44. The van der Waals surface area contributed by atoms with Crippen molar-refractivity contribution in [2.24, 2.45) is 5.92 Å². The van der Waals surface area contributed by atoms with E-state index in [-0.39, 0.29) is 6.04 Å². The molecule has 1 aliphatic rings. The lowest BCUT2D eigenvalue weighted by molar-refractivity contribution is 0.124. The largest absolute Gasteiger partial charge is 0.508 e. The lowest BCUT2D eigenvalue weighted by Gasteiger charge is -2.38. The van der Waals surface area contributed by atoms with Crippen molar-refractivity contribution in [2.45, 2.75) is 58.5 Å². The normalized spacial score (nSPS) is 25.5. The van der Waals surface area contributed by atoms with Crippen LogP contribution in [0.5, 0.6) is 5.75 Å². The van der Waals surface area contributed by atoms with Gasteiger partial charge in [0, 0.05) is 17.6 Å². The smallest absolute Gasteiger partial charge is 0.120 e. The van der Waals surface area contributed by atoms with Crippen LogP contribution < -0.4 is 0 Å². The van der Waals surface area contributed by atoms with E-state index >= 15 is 0 Å². The number of aromatic hydroxyl groups is 1. The Morgan fingerprint density at radius 1 is 1.32 bits per heavy atom. The molecular formula is C17H27NO. The molecule has 1 aromatic carbocycles. The molecule has 0 heterocycles. The summed E-state index contributed by atoms with van der Waals surface area (Å²) < 4.78 is 0. The summed E-state index contributed by atoms with van der Waals surface area (Å²) in [7, 11) is 2.20. The average molecular weight is 261 g/mol. The van der Waals surface area contributed by atoms with Gasteiger partial charge in [0.15, 0.2) is 0 Å². The fourth-order valence-electron chi connectivity index (χ4n) is 3.31. The van der Waals surface area contributed by atoms with Crippen LogP contribution in [0.25, 0.3) is 0 Å². The Morgan fingerprint density at radius 3 is 2.68 bits per heavy atom. The van der Waals surface area contributed by atoms with Crippen molar-refractivity contribution in [2.75, 3.05) is 7.05 Å². The Balaban J connectivity index is 2.11. The molecule has 3 unspecified atom stereocenters. The molecule has 1 fully saturated rings. The minimum atomic E-state index is 0.274. The number of nitrogens with zero attached hydrogens (tertiary/aromatic N) is 1. The molecule has 2 rings (SSSR count). The third-order valence-electron chi connectivity index (χ3n) is 4.73. The van der Waals surface area contributed by atoms with Crippen LogP contribution in [0, 0.1) is 12.8 Å². The molecule has 0 aromatic heterocycles. The van der Waals surface area contributed by atoms with Gasteiger partial charge >= 0.3 is 0 Å². The summed E-state index contributed by atoms with van der Waals surface area (Å²) in [5, 5.41) is 10.1. The van der Waals surface area contributed by atoms with Crippen LogP contribution in [0.2, 0.25) is 0 Å². The summed E-state index contributed by atoms with van der Waals surface area (Å²) in [6.45, 7) is 6.57. The maximum atomic E-state index is 10.1. The van der Waals surface area contributed by atoms with Gasteiger partial charge in [0.05, 0.1) is 0 Å². The highest BCUT2D eigenvalue weighted by atomic mass is 16.3. The molecule has 0 saturated heterocycles. The molecule has 0 spiro atoms. The molecule has 0 aliphatic heterocycles. The fraction of sp³-hybridized carbons (Fsp3) is 0.647. The molecule has 2 heteroatoms. The van der Waals surface area contributed by atoms with E-state index in [1.165, 1.54) is 25.7 Å². The van der Waals surface area contributed by atoms with E-state index in [1.54, 1.807) is 0 Å². The lowest BCUT2D eigenvalue weighted by Crippen LogP contribution is -2.37. The zero-order chi connectivity index (χ0) is 14.0. The highest BCUT2D eigenvalue weighted by molar-refractivity contribution is 5.37. The predicted molar refractivity (Wildman–Crippen MR) is 80.4 cm³/mol. The van der Waals surface area contributed by atoms with Gasteiger partial charge in [-0.1, -0.05) is 31.9 Å². The van der Waals surface area contributed by atoms with Crippen molar-refractivity contribution in [1.29, 1.82) is 0 Å². The molecule has 0 bridgehead atoms. The van der Waals surface area contributed by atoms with E-state index in [0.29, 0.717) is 11.8 Å². The quantitative estimate of drug-likeness (QED) is 0.878. The van der Waals surface area contributed by atoms with E-state index < -0.39 is 0 Å². The summed E-state index contributed by atoms with van der Waals surface area (Å²) in [5.74, 6) is 1.27. The van der Waals surface area contributed by atoms with Gasteiger partial charge in [-0.05, 0) is 51.3 Å². The van der Waals surface area contributed by atoms with E-state index in [4.69, 9.17) is 0 Å². The van der Waals surface area contributed by atoms with Gasteiger partial charge in [0.1, 0.15) is 5.75 Å². The van der Waals surface area contributed by atoms with Crippen molar-refractivity contribution in [3.8, 4) is 5.75 Å². The number of rotatable bonds is 3. The van der Waals surface area contributed by atoms with Crippen LogP contribution in [0.15, 0.2) is 18.2 Å². The summed E-state index contributed by atoms with van der Waals surface area (Å²) in [6.07, 6.45) is 5.28. The van der Waals surface area contributed by atoms with E-state index in [1.807, 2.05) is 13.0 Å². The zero-order valence-corrected chi connectivity index (χ0v) is 12.7. The third kappa shape index (κ3) is 3.30. The van der Waals surface area contributed by atoms with Crippen molar-refractivity contribution in [3.05, 3.63) is 29.3 Å². The molecule has 106 valence electrons. The average Bonchev–Trinajstić information content (AvgIpc) is 2.37. The Kier molecular flexibility index (Phi) is 4.51. The molecule has 1 saturated carbocycles. The van der Waals surface area contributed by atoms with Gasteiger partial charge in [-0.15, -0.1) is 0 Å². The molecule has 1 N–H and O–H groups in total. The van der Waals surface area contributed by atoms with Crippen molar-refractivity contribution < 1.29 is 5.11 Å². The number of hydrogen-bond donors (Lipinski definition) is 1. The number of hydrogen-bond acceptors (Lipinski definition) is 2. The molecule has 0 amide bonds. The van der Waals surface area contributed by atoms with E-state index in [9.17, 15) is 5.11 Å². The molecule has 0 radical (unpaired) electrons. The monoisotopic (exact) mass is 261 g/mol. The van der Waals surface area contributed by atoms with E-state index in [2.05, 4.69) is 37.9 Å². The van der Waals surface area contributed by atoms with Gasteiger partial charge in [-0.2, -0.15) is 0 Å². The van der Waals surface area contributed by atoms with Crippen LogP contribution in [-0.4, -0.2) is 23.1 Å². The number of phenols is 1. The summed E-state index contributed by atoms with van der Waals surface area (Å²) in [5.41, 5.74) is 2.16. The summed E-state index contributed by atoms with van der Waals surface area (Å²) >= 11 is 0. The molecule has 3 atom stereocenters. The van der Waals surface area contributed by atoms with Gasteiger partial charge in [-0.3, -0.25) is 4.90 Å². The Hall–Kier alpha value is -1.02. The van der Waals surface area contributed by atoms with Crippen LogP contribution in [0.4, 0.5) is 0 Å². The highest BCUT2D eigenvalue weighted by Crippen LogP contribution is 2.34. The lowest BCUT2D eigenvalue weighted by atomic mass is 9.85. The Morgan fingerprint density at radius 2 is 2.05 bits per heavy atom. The van der Waals surface area contributed by atoms with Gasteiger partial charge in [0.2, 0.25) is 0 Å². The number of phenolic OH excluding ortho intramolecular Hbond substituents is 1. The van der Waals surface area contributed by atoms with Gasteiger partial charge in [0.25, 0.3) is 0 Å². The maximum Gasteiger partial charge on any atom is 0.120 e. The van der Waals surface area contributed by atoms with Crippen LogP contribution in [-0.2, 0) is 0 Å². The van der Waals surface area contributed by atoms with Gasteiger partial charge < -0.3 is 5.11 Å². The van der Waals surface area contributed by atoms with Crippen LogP contribution in [0.1, 0.15) is 56.7 Å². The molecule has 1 aliphatic carbocycles. The third-order valence-corrected chi connectivity index (χ3v) is 4.73. The van der Waals surface area contributed by atoms with Crippen molar-refractivity contribution >= 4 is 0 Å². The van der Waals surface area contributed by atoms with Crippen molar-refractivity contribution in [3.63, 3.8) is 0 Å². The predicted octanol–water partition coefficient (Wildman–Crippen LogP) is 4.27. The number of aryl methyl sites for hydroxylation is 1. The molecular weight excluding hydrogens is 234 g/mol. The first kappa shape index (κ1) is 14.4. The second-order valence-electron chi connectivity index (χ2n) is 6.33. The Labute approximate surface area is 117 Å². The van der Waals surface area contributed by atoms with Crippen LogP contribution in [0.3, 0.4) is 0 Å². The minimum absolute atomic E-state index is 0.274. The highest BCUT2D eigenvalue weighted by Gasteiger charge is 2.26. The maximum absolute atomic E-state index is 10.1. The van der Waals surface area contributed by atoms with Gasteiger partial charge in [-0.25, -0.2) is 0 Å². The molecule has 19 heavy (non-hydrogen) atoms. The second-order valence-corrected chi connectivity index (χ2v) is 6.33. The Bertz CT molecular complexity index is 429. The fourth-order valence-corrected chi connectivity index (χ4v) is 3.31. The number of benzene rings is 1. The minimum Gasteiger partial charge on any atom is -0.508 e. The van der Waals surface area contributed by atoms with Crippen LogP contribution >= 0.6 is 0 Å². The summed E-state index contributed by atoms with van der Waals surface area (Å²) in [6, 6.07) is 6.94. The standard InChI is InChI=1S/C17H27NO/c1-12-6-5-7-15(10-12)18(4)14(3)16-9-8-13(2)11-17(16)19/h8-9,11-12,14-15,19H,5-7,10H2,1-4H3. The van der Waals surface area contributed by atoms with E-state index in [0.717, 1.165) is 17.0 Å². The zero-order valence-electron chi connectivity index (χ0n) is 12.7. The second kappa shape index (κ2) is 5.96.